The van der Waals surface area contributed by atoms with Gasteiger partial charge in [0.25, 0.3) is 0 Å². The highest BCUT2D eigenvalue weighted by molar-refractivity contribution is 14.0. The highest BCUT2D eigenvalue weighted by atomic mass is 127. The molecule has 0 bridgehead atoms. The summed E-state index contributed by atoms with van der Waals surface area (Å²) in [6, 6.07) is 14.1. The van der Waals surface area contributed by atoms with Crippen LogP contribution in [0, 0.1) is 0 Å². The largest absolute Gasteiger partial charge is 0.490 e. The van der Waals surface area contributed by atoms with Crippen molar-refractivity contribution in [2.45, 2.75) is 32.4 Å². The molecular weight excluding hydrogens is 503 g/mol. The number of aliphatic imine (C=N–C) groups is 1. The summed E-state index contributed by atoms with van der Waals surface area (Å²) < 4.78 is 8.02. The third-order valence-corrected chi connectivity index (χ3v) is 5.11. The Morgan fingerprint density at radius 2 is 1.97 bits per heavy atom. The molecule has 0 aliphatic carbocycles. The van der Waals surface area contributed by atoms with E-state index in [0.717, 1.165) is 55.6 Å². The van der Waals surface area contributed by atoms with Crippen molar-refractivity contribution < 1.29 is 4.74 Å². The van der Waals surface area contributed by atoms with Crippen LogP contribution in [-0.2, 0) is 6.54 Å². The molecule has 1 aliphatic heterocycles. The molecule has 1 aliphatic rings. The van der Waals surface area contributed by atoms with Crippen molar-refractivity contribution in [1.82, 2.24) is 24.8 Å². The van der Waals surface area contributed by atoms with E-state index in [1.807, 2.05) is 53.4 Å². The molecule has 31 heavy (non-hydrogen) atoms. The predicted molar refractivity (Wildman–Crippen MR) is 133 cm³/mol. The second kappa shape index (κ2) is 11.7. The van der Waals surface area contributed by atoms with E-state index in [1.54, 1.807) is 12.5 Å². The van der Waals surface area contributed by atoms with Crippen molar-refractivity contribution in [2.24, 2.45) is 4.99 Å². The highest BCUT2D eigenvalue weighted by Gasteiger charge is 2.22. The second-order valence-corrected chi connectivity index (χ2v) is 7.28. The lowest BCUT2D eigenvalue weighted by Crippen LogP contribution is -2.47. The standard InChI is InChI=1S/C23H28N6O.HI/c1-2-25-23(27-17-19-8-11-26-22(16-19)29-15-12-24-18-29)28-13-9-21(10-14-28)30-20-6-4-3-5-7-20;/h3-8,11-12,15-16,18,21H,2,9-10,13-14,17H2,1H3,(H,25,27);1H. The van der Waals surface area contributed by atoms with Gasteiger partial charge in [0.2, 0.25) is 0 Å². The molecule has 3 aromatic rings. The molecule has 0 radical (unpaired) electrons. The first-order valence-electron chi connectivity index (χ1n) is 10.5. The van der Waals surface area contributed by atoms with Crippen LogP contribution in [0.5, 0.6) is 5.75 Å². The fourth-order valence-electron chi connectivity index (χ4n) is 3.56. The van der Waals surface area contributed by atoms with Gasteiger partial charge in [-0.1, -0.05) is 18.2 Å². The van der Waals surface area contributed by atoms with Crippen LogP contribution in [0.3, 0.4) is 0 Å². The van der Waals surface area contributed by atoms with Crippen molar-refractivity contribution in [3.63, 3.8) is 0 Å². The maximum Gasteiger partial charge on any atom is 0.194 e. The third-order valence-electron chi connectivity index (χ3n) is 5.11. The summed E-state index contributed by atoms with van der Waals surface area (Å²) in [7, 11) is 0. The molecule has 1 aromatic carbocycles. The van der Waals surface area contributed by atoms with Gasteiger partial charge in [0, 0.05) is 51.1 Å². The van der Waals surface area contributed by atoms with Gasteiger partial charge in [0.15, 0.2) is 5.96 Å². The maximum atomic E-state index is 6.12. The lowest BCUT2D eigenvalue weighted by Gasteiger charge is -2.34. The van der Waals surface area contributed by atoms with E-state index in [-0.39, 0.29) is 30.1 Å². The topological polar surface area (TPSA) is 67.6 Å². The number of piperidine rings is 1. The number of nitrogens with zero attached hydrogens (tertiary/aromatic N) is 5. The van der Waals surface area contributed by atoms with Gasteiger partial charge < -0.3 is 15.0 Å². The van der Waals surface area contributed by atoms with Crippen molar-refractivity contribution in [1.29, 1.82) is 0 Å². The van der Waals surface area contributed by atoms with Gasteiger partial charge in [-0.2, -0.15) is 0 Å². The number of pyridine rings is 1. The SMILES string of the molecule is CCNC(=NCc1ccnc(-n2ccnc2)c1)N1CCC(Oc2ccccc2)CC1.I. The summed E-state index contributed by atoms with van der Waals surface area (Å²) in [6.07, 6.45) is 9.44. The Kier molecular flexibility index (Phi) is 8.69. The third kappa shape index (κ3) is 6.43. The number of halogens is 1. The van der Waals surface area contributed by atoms with Crippen LogP contribution >= 0.6 is 24.0 Å². The minimum absolute atomic E-state index is 0. The molecule has 0 spiro atoms. The number of benzene rings is 1. The Morgan fingerprint density at radius 1 is 1.16 bits per heavy atom. The van der Waals surface area contributed by atoms with Crippen molar-refractivity contribution in [2.75, 3.05) is 19.6 Å². The fourth-order valence-corrected chi connectivity index (χ4v) is 3.56. The maximum absolute atomic E-state index is 6.12. The summed E-state index contributed by atoms with van der Waals surface area (Å²) in [6.45, 7) is 5.41. The molecule has 3 heterocycles. The van der Waals surface area contributed by atoms with E-state index in [9.17, 15) is 0 Å². The number of ether oxygens (including phenoxy) is 1. The highest BCUT2D eigenvalue weighted by Crippen LogP contribution is 2.19. The van der Waals surface area contributed by atoms with Gasteiger partial charge in [0.05, 0.1) is 6.54 Å². The van der Waals surface area contributed by atoms with Crippen LogP contribution < -0.4 is 10.1 Å². The number of guanidine groups is 1. The molecule has 0 amide bonds. The van der Waals surface area contributed by atoms with E-state index in [1.165, 1.54) is 0 Å². The Hall–Kier alpha value is -2.62. The monoisotopic (exact) mass is 532 g/mol. The lowest BCUT2D eigenvalue weighted by atomic mass is 10.1. The molecule has 1 saturated heterocycles. The fraction of sp³-hybridized carbons (Fsp3) is 0.348. The van der Waals surface area contributed by atoms with E-state index < -0.39 is 0 Å². The first kappa shape index (κ1) is 23.1. The van der Waals surface area contributed by atoms with Crippen molar-refractivity contribution >= 4 is 29.9 Å². The van der Waals surface area contributed by atoms with Gasteiger partial charge in [-0.3, -0.25) is 4.57 Å². The number of rotatable bonds is 6. The molecule has 7 nitrogen and oxygen atoms in total. The first-order valence-corrected chi connectivity index (χ1v) is 10.5. The van der Waals surface area contributed by atoms with Crippen LogP contribution in [0.4, 0.5) is 0 Å². The molecular formula is C23H29IN6O. The molecule has 1 fully saturated rings. The minimum atomic E-state index is 0. The smallest absolute Gasteiger partial charge is 0.194 e. The van der Waals surface area contributed by atoms with Crippen LogP contribution in [0.15, 0.2) is 72.4 Å². The van der Waals surface area contributed by atoms with Crippen LogP contribution in [0.2, 0.25) is 0 Å². The zero-order chi connectivity index (χ0) is 20.6. The van der Waals surface area contributed by atoms with Gasteiger partial charge in [-0.05, 0) is 36.8 Å². The summed E-state index contributed by atoms with van der Waals surface area (Å²) in [5.74, 6) is 2.75. The normalized spacial score (nSPS) is 14.7. The Labute approximate surface area is 200 Å². The number of hydrogen-bond donors (Lipinski definition) is 1. The molecule has 0 unspecified atom stereocenters. The first-order chi connectivity index (χ1) is 14.8. The Balaban J connectivity index is 0.00000272. The molecule has 0 saturated carbocycles. The number of likely N-dealkylation sites (tertiary alicyclic amines) is 1. The second-order valence-electron chi connectivity index (χ2n) is 7.28. The number of hydrogen-bond acceptors (Lipinski definition) is 4. The van der Waals surface area contributed by atoms with Gasteiger partial charge in [-0.15, -0.1) is 24.0 Å². The Morgan fingerprint density at radius 3 is 2.68 bits per heavy atom. The molecule has 8 heteroatoms. The van der Waals surface area contributed by atoms with E-state index in [2.05, 4.69) is 33.2 Å². The zero-order valence-electron chi connectivity index (χ0n) is 17.7. The average molecular weight is 532 g/mol. The summed E-state index contributed by atoms with van der Waals surface area (Å²) in [4.78, 5) is 15.7. The summed E-state index contributed by atoms with van der Waals surface area (Å²) in [5, 5.41) is 3.43. The van der Waals surface area contributed by atoms with Crippen molar-refractivity contribution in [3.05, 3.63) is 72.9 Å². The predicted octanol–water partition coefficient (Wildman–Crippen LogP) is 3.89. The summed E-state index contributed by atoms with van der Waals surface area (Å²) >= 11 is 0. The molecule has 4 rings (SSSR count). The van der Waals surface area contributed by atoms with Crippen LogP contribution in [0.1, 0.15) is 25.3 Å². The molecule has 164 valence electrons. The zero-order valence-corrected chi connectivity index (χ0v) is 20.1. The quantitative estimate of drug-likeness (QED) is 0.297. The van der Waals surface area contributed by atoms with Gasteiger partial charge >= 0.3 is 0 Å². The van der Waals surface area contributed by atoms with Gasteiger partial charge in [0.1, 0.15) is 24.0 Å². The van der Waals surface area contributed by atoms with Crippen molar-refractivity contribution in [3.8, 4) is 11.6 Å². The van der Waals surface area contributed by atoms with E-state index in [4.69, 9.17) is 9.73 Å². The number of nitrogens with one attached hydrogen (secondary N) is 1. The molecule has 0 atom stereocenters. The molecule has 2 aromatic heterocycles. The number of para-hydroxylation sites is 1. The minimum Gasteiger partial charge on any atom is -0.490 e. The van der Waals surface area contributed by atoms with Crippen LogP contribution in [-0.4, -0.2) is 51.1 Å². The number of imidazole rings is 1. The van der Waals surface area contributed by atoms with Crippen LogP contribution in [0.25, 0.3) is 5.82 Å². The molecule has 1 N–H and O–H groups in total. The Bertz CT molecular complexity index is 940. The van der Waals surface area contributed by atoms with E-state index in [0.29, 0.717) is 6.54 Å². The lowest BCUT2D eigenvalue weighted by molar-refractivity contribution is 0.129. The van der Waals surface area contributed by atoms with Gasteiger partial charge in [-0.25, -0.2) is 15.0 Å². The average Bonchev–Trinajstić information content (AvgIpc) is 3.33. The van der Waals surface area contributed by atoms with E-state index >= 15 is 0 Å². The summed E-state index contributed by atoms with van der Waals surface area (Å²) in [5.41, 5.74) is 1.12. The number of aromatic nitrogens is 3.